The van der Waals surface area contributed by atoms with Crippen molar-refractivity contribution in [2.45, 2.75) is 26.8 Å². The summed E-state index contributed by atoms with van der Waals surface area (Å²) >= 11 is 0. The van der Waals surface area contributed by atoms with Crippen molar-refractivity contribution in [2.75, 3.05) is 11.9 Å². The first-order valence-corrected chi connectivity index (χ1v) is 9.09. The van der Waals surface area contributed by atoms with Gasteiger partial charge in [-0.25, -0.2) is 9.78 Å². The van der Waals surface area contributed by atoms with E-state index in [1.165, 1.54) is 4.57 Å². The molecule has 1 N–H and O–H groups in total. The third-order valence-corrected chi connectivity index (χ3v) is 4.24. The smallest absolute Gasteiger partial charge is 0.338 e. The van der Waals surface area contributed by atoms with Crippen LogP contribution in [0.3, 0.4) is 0 Å². The van der Waals surface area contributed by atoms with E-state index >= 15 is 0 Å². The van der Waals surface area contributed by atoms with Gasteiger partial charge in [-0.2, -0.15) is 0 Å². The van der Waals surface area contributed by atoms with E-state index in [1.807, 2.05) is 13.0 Å². The molecule has 0 atom stereocenters. The number of benzene rings is 2. The molecule has 2 aromatic carbocycles. The summed E-state index contributed by atoms with van der Waals surface area (Å²) in [6, 6.07) is 13.5. The van der Waals surface area contributed by atoms with Crippen molar-refractivity contribution in [1.29, 1.82) is 0 Å². The van der Waals surface area contributed by atoms with Crippen LogP contribution in [0.1, 0.15) is 30.0 Å². The summed E-state index contributed by atoms with van der Waals surface area (Å²) in [5.41, 5.74) is 1.31. The van der Waals surface area contributed by atoms with Gasteiger partial charge >= 0.3 is 5.97 Å². The van der Waals surface area contributed by atoms with E-state index in [4.69, 9.17) is 4.74 Å². The summed E-state index contributed by atoms with van der Waals surface area (Å²) in [6.45, 7) is 3.78. The molecule has 1 aromatic heterocycles. The maximum Gasteiger partial charge on any atom is 0.338 e. The number of para-hydroxylation sites is 1. The fraction of sp³-hybridized carbons (Fsp3) is 0.238. The number of rotatable bonds is 6. The highest BCUT2D eigenvalue weighted by atomic mass is 16.5. The molecule has 3 rings (SSSR count). The highest BCUT2D eigenvalue weighted by molar-refractivity contribution is 5.93. The number of ether oxygens (including phenoxy) is 1. The minimum Gasteiger partial charge on any atom is -0.462 e. The molecule has 0 spiro atoms. The van der Waals surface area contributed by atoms with Gasteiger partial charge in [-0.05, 0) is 43.3 Å². The molecule has 0 saturated carbocycles. The van der Waals surface area contributed by atoms with E-state index in [2.05, 4.69) is 10.3 Å². The number of amides is 1. The molecule has 3 aromatic rings. The monoisotopic (exact) mass is 379 g/mol. The van der Waals surface area contributed by atoms with Crippen LogP contribution in [-0.2, 0) is 22.5 Å². The van der Waals surface area contributed by atoms with Crippen molar-refractivity contribution < 1.29 is 14.3 Å². The maximum atomic E-state index is 12.8. The van der Waals surface area contributed by atoms with Gasteiger partial charge in [0.15, 0.2) is 0 Å². The maximum absolute atomic E-state index is 12.8. The fourth-order valence-electron chi connectivity index (χ4n) is 2.90. The highest BCUT2D eigenvalue weighted by Crippen LogP contribution is 2.12. The Hall–Kier alpha value is -3.48. The van der Waals surface area contributed by atoms with E-state index in [0.717, 1.165) is 0 Å². The number of esters is 1. The SMILES string of the molecule is CCOC(=O)c1ccc(NC(=O)Cn2c(CC)nc3ccccc3c2=O)cc1. The van der Waals surface area contributed by atoms with Gasteiger partial charge in [-0.3, -0.25) is 14.2 Å². The third kappa shape index (κ3) is 4.09. The Labute approximate surface area is 162 Å². The molecule has 0 saturated heterocycles. The summed E-state index contributed by atoms with van der Waals surface area (Å²) in [5, 5.41) is 3.21. The first-order chi connectivity index (χ1) is 13.5. The van der Waals surface area contributed by atoms with E-state index in [0.29, 0.717) is 41.0 Å². The van der Waals surface area contributed by atoms with Crippen LogP contribution in [0.2, 0.25) is 0 Å². The first kappa shape index (κ1) is 19.3. The predicted octanol–water partition coefficient (Wildman–Crippen LogP) is 2.77. The average molecular weight is 379 g/mol. The molecule has 0 bridgehead atoms. The fourth-order valence-corrected chi connectivity index (χ4v) is 2.90. The van der Waals surface area contributed by atoms with Crippen LogP contribution in [0.15, 0.2) is 53.3 Å². The molecule has 7 heteroatoms. The molecule has 1 amide bonds. The predicted molar refractivity (Wildman–Crippen MR) is 106 cm³/mol. The van der Waals surface area contributed by atoms with Gasteiger partial charge in [0.25, 0.3) is 5.56 Å². The second-order valence-corrected chi connectivity index (χ2v) is 6.14. The molecule has 0 aliphatic rings. The summed E-state index contributed by atoms with van der Waals surface area (Å²) in [4.78, 5) is 41.4. The molecule has 1 heterocycles. The third-order valence-electron chi connectivity index (χ3n) is 4.24. The Kier molecular flexibility index (Phi) is 5.84. The van der Waals surface area contributed by atoms with E-state index in [-0.39, 0.29) is 18.0 Å². The van der Waals surface area contributed by atoms with Gasteiger partial charge in [0.1, 0.15) is 12.4 Å². The number of aromatic nitrogens is 2. The molecule has 7 nitrogen and oxygen atoms in total. The summed E-state index contributed by atoms with van der Waals surface area (Å²) in [5.74, 6) is -0.212. The molecule has 0 fully saturated rings. The van der Waals surface area contributed by atoms with Gasteiger partial charge in [0.05, 0.1) is 23.1 Å². The number of anilines is 1. The average Bonchev–Trinajstić information content (AvgIpc) is 2.70. The first-order valence-electron chi connectivity index (χ1n) is 9.09. The minimum atomic E-state index is -0.415. The minimum absolute atomic E-state index is 0.139. The highest BCUT2D eigenvalue weighted by Gasteiger charge is 2.13. The van der Waals surface area contributed by atoms with Crippen molar-refractivity contribution in [3.8, 4) is 0 Å². The van der Waals surface area contributed by atoms with Crippen molar-refractivity contribution in [2.24, 2.45) is 0 Å². The van der Waals surface area contributed by atoms with Gasteiger partial charge in [0, 0.05) is 12.1 Å². The van der Waals surface area contributed by atoms with Gasteiger partial charge in [-0.1, -0.05) is 19.1 Å². The molecule has 0 aliphatic heterocycles. The summed E-state index contributed by atoms with van der Waals surface area (Å²) < 4.78 is 6.32. The van der Waals surface area contributed by atoms with Crippen LogP contribution >= 0.6 is 0 Å². The zero-order valence-corrected chi connectivity index (χ0v) is 15.8. The number of hydrogen-bond donors (Lipinski definition) is 1. The number of nitrogens with zero attached hydrogens (tertiary/aromatic N) is 2. The second-order valence-electron chi connectivity index (χ2n) is 6.14. The van der Waals surface area contributed by atoms with Crippen molar-refractivity contribution in [3.05, 3.63) is 70.3 Å². The number of hydrogen-bond acceptors (Lipinski definition) is 5. The van der Waals surface area contributed by atoms with Crippen LogP contribution in [0.4, 0.5) is 5.69 Å². The molecule has 144 valence electrons. The Morgan fingerprint density at radius 1 is 1.07 bits per heavy atom. The van der Waals surface area contributed by atoms with Crippen molar-refractivity contribution in [1.82, 2.24) is 9.55 Å². The molecule has 0 radical (unpaired) electrons. The van der Waals surface area contributed by atoms with Crippen molar-refractivity contribution in [3.63, 3.8) is 0 Å². The van der Waals surface area contributed by atoms with Crippen LogP contribution in [-0.4, -0.2) is 28.0 Å². The van der Waals surface area contributed by atoms with E-state index in [9.17, 15) is 14.4 Å². The van der Waals surface area contributed by atoms with Crippen LogP contribution in [0.25, 0.3) is 10.9 Å². The molecule has 28 heavy (non-hydrogen) atoms. The zero-order chi connectivity index (χ0) is 20.1. The van der Waals surface area contributed by atoms with Crippen molar-refractivity contribution >= 4 is 28.5 Å². The number of carbonyl (C=O) groups is 2. The summed E-state index contributed by atoms with van der Waals surface area (Å²) in [7, 11) is 0. The lowest BCUT2D eigenvalue weighted by Gasteiger charge is -2.12. The van der Waals surface area contributed by atoms with Gasteiger partial charge < -0.3 is 10.1 Å². The number of nitrogens with one attached hydrogen (secondary N) is 1. The largest absolute Gasteiger partial charge is 0.462 e. The number of aryl methyl sites for hydroxylation is 1. The molecule has 0 aliphatic carbocycles. The van der Waals surface area contributed by atoms with Crippen LogP contribution in [0, 0.1) is 0 Å². The normalized spacial score (nSPS) is 10.6. The van der Waals surface area contributed by atoms with Crippen LogP contribution < -0.4 is 10.9 Å². The van der Waals surface area contributed by atoms with Crippen LogP contribution in [0.5, 0.6) is 0 Å². The lowest BCUT2D eigenvalue weighted by atomic mass is 10.2. The lowest BCUT2D eigenvalue weighted by molar-refractivity contribution is -0.116. The van der Waals surface area contributed by atoms with E-state index in [1.54, 1.807) is 49.4 Å². The van der Waals surface area contributed by atoms with E-state index < -0.39 is 5.97 Å². The molecular formula is C21H21N3O4. The van der Waals surface area contributed by atoms with Gasteiger partial charge in [0.2, 0.25) is 5.91 Å². The Balaban J connectivity index is 1.79. The number of fused-ring (bicyclic) bond motifs is 1. The quantitative estimate of drug-likeness (QED) is 0.665. The second kappa shape index (κ2) is 8.47. The standard InChI is InChI=1S/C21H21N3O4/c1-3-18-23-17-8-6-5-7-16(17)20(26)24(18)13-19(25)22-15-11-9-14(10-12-15)21(27)28-4-2/h5-12H,3-4,13H2,1-2H3,(H,22,25). The number of carbonyl (C=O) groups excluding carboxylic acids is 2. The molecule has 0 unspecified atom stereocenters. The summed E-state index contributed by atoms with van der Waals surface area (Å²) in [6.07, 6.45) is 0.529. The topological polar surface area (TPSA) is 90.3 Å². The lowest BCUT2D eigenvalue weighted by Crippen LogP contribution is -2.31. The molecular weight excluding hydrogens is 358 g/mol. The zero-order valence-electron chi connectivity index (χ0n) is 15.8. The van der Waals surface area contributed by atoms with Gasteiger partial charge in [-0.15, -0.1) is 0 Å². The Morgan fingerprint density at radius 3 is 2.46 bits per heavy atom. The Bertz CT molecular complexity index is 1070. The Morgan fingerprint density at radius 2 is 1.79 bits per heavy atom.